The molecule has 0 radical (unpaired) electrons. The molecule has 10 nitrogen and oxygen atoms in total. The van der Waals surface area contributed by atoms with Gasteiger partial charge in [0.2, 0.25) is 0 Å². The van der Waals surface area contributed by atoms with Gasteiger partial charge in [0.25, 0.3) is 0 Å². The van der Waals surface area contributed by atoms with Crippen LogP contribution in [0.5, 0.6) is 5.75 Å². The summed E-state index contributed by atoms with van der Waals surface area (Å²) in [7, 11) is 1.52. The zero-order valence-electron chi connectivity index (χ0n) is 23.8. The van der Waals surface area contributed by atoms with E-state index >= 15 is 4.39 Å². The van der Waals surface area contributed by atoms with Crippen LogP contribution in [0.1, 0.15) is 52.1 Å². The fourth-order valence-corrected chi connectivity index (χ4v) is 5.13. The molecule has 11 heteroatoms. The summed E-state index contributed by atoms with van der Waals surface area (Å²) in [5.41, 5.74) is 1.48. The number of hydrogen-bond acceptors (Lipinski definition) is 8. The molecule has 2 aromatic heterocycles. The SMILES string of the molecule is COCOc1cc(-n2cnc(C)c2)c(F)cc1-c1ccc(N2CC[C@@H](N(C(=O)OC(C)(C)C)C3CCC3)C2)nn1. The lowest BCUT2D eigenvalue weighted by Crippen LogP contribution is -2.52. The Bertz CT molecular complexity index is 1340. The zero-order valence-corrected chi connectivity index (χ0v) is 23.8. The van der Waals surface area contributed by atoms with Crippen LogP contribution in [-0.4, -0.2) is 75.4 Å². The Morgan fingerprint density at radius 2 is 1.95 bits per heavy atom. The van der Waals surface area contributed by atoms with Gasteiger partial charge in [-0.3, -0.25) is 0 Å². The maximum Gasteiger partial charge on any atom is 0.410 e. The zero-order chi connectivity index (χ0) is 28.4. The minimum atomic E-state index is -0.542. The Balaban J connectivity index is 1.35. The Labute approximate surface area is 234 Å². The molecule has 214 valence electrons. The number of hydrogen-bond donors (Lipinski definition) is 0. The highest BCUT2D eigenvalue weighted by molar-refractivity contribution is 5.71. The van der Waals surface area contributed by atoms with Crippen LogP contribution in [0.3, 0.4) is 0 Å². The van der Waals surface area contributed by atoms with Gasteiger partial charge in [-0.25, -0.2) is 14.2 Å². The van der Waals surface area contributed by atoms with Crippen molar-refractivity contribution >= 4 is 11.9 Å². The standard InChI is InChI=1S/C29H37FN6O4/c1-19-15-35(17-31-19)25-14-26(39-18-38-5)22(13-23(25)30)24-9-10-27(33-32-24)34-12-11-21(16-34)36(20-7-6-8-20)28(37)40-29(2,3)4/h9-10,13-15,17,20-21H,6-8,11-12,16,18H2,1-5H3/t21-/m1/s1. The first-order chi connectivity index (χ1) is 19.1. The van der Waals surface area contributed by atoms with Crippen molar-refractivity contribution in [2.24, 2.45) is 0 Å². The Hall–Kier alpha value is -3.73. The summed E-state index contributed by atoms with van der Waals surface area (Å²) in [6.45, 7) is 8.92. The minimum Gasteiger partial charge on any atom is -0.467 e. The van der Waals surface area contributed by atoms with Crippen molar-refractivity contribution in [2.45, 2.75) is 71.1 Å². The first-order valence-electron chi connectivity index (χ1n) is 13.7. The molecule has 0 N–H and O–H groups in total. The highest BCUT2D eigenvalue weighted by Gasteiger charge is 2.40. The second kappa shape index (κ2) is 11.4. The van der Waals surface area contributed by atoms with Crippen LogP contribution in [0.2, 0.25) is 0 Å². The van der Waals surface area contributed by atoms with E-state index in [4.69, 9.17) is 14.2 Å². The number of aryl methyl sites for hydroxylation is 1. The molecular formula is C29H37FN6O4. The molecule has 1 saturated heterocycles. The van der Waals surface area contributed by atoms with E-state index in [0.29, 0.717) is 35.1 Å². The van der Waals surface area contributed by atoms with E-state index in [2.05, 4.69) is 20.1 Å². The molecule has 1 aliphatic heterocycles. The maximum atomic E-state index is 15.2. The summed E-state index contributed by atoms with van der Waals surface area (Å²) >= 11 is 0. The number of halogens is 1. The lowest BCUT2D eigenvalue weighted by Gasteiger charge is -2.41. The van der Waals surface area contributed by atoms with E-state index in [1.54, 1.807) is 23.2 Å². The number of amides is 1. The van der Waals surface area contributed by atoms with E-state index in [9.17, 15) is 4.79 Å². The molecule has 3 aromatic rings. The number of methoxy groups -OCH3 is 1. The number of benzene rings is 1. The van der Waals surface area contributed by atoms with Crippen molar-refractivity contribution in [3.8, 4) is 22.7 Å². The second-order valence-corrected chi connectivity index (χ2v) is 11.4. The Morgan fingerprint density at radius 3 is 2.55 bits per heavy atom. The molecule has 1 atom stereocenters. The number of carbonyl (C=O) groups excluding carboxylic acids is 1. The number of imidazole rings is 1. The van der Waals surface area contributed by atoms with Crippen LogP contribution < -0.4 is 9.64 Å². The van der Waals surface area contributed by atoms with E-state index < -0.39 is 11.4 Å². The second-order valence-electron chi connectivity index (χ2n) is 11.4. The summed E-state index contributed by atoms with van der Waals surface area (Å²) in [5.74, 6) is 0.680. The number of anilines is 1. The van der Waals surface area contributed by atoms with E-state index in [1.165, 1.54) is 13.2 Å². The van der Waals surface area contributed by atoms with Gasteiger partial charge in [-0.1, -0.05) is 0 Å². The molecule has 0 spiro atoms. The predicted molar refractivity (Wildman–Crippen MR) is 148 cm³/mol. The fourth-order valence-electron chi connectivity index (χ4n) is 5.13. The quantitative estimate of drug-likeness (QED) is 0.355. The lowest BCUT2D eigenvalue weighted by atomic mass is 9.90. The van der Waals surface area contributed by atoms with Crippen molar-refractivity contribution < 1.29 is 23.4 Å². The third-order valence-corrected chi connectivity index (χ3v) is 7.25. The average molecular weight is 553 g/mol. The summed E-state index contributed by atoms with van der Waals surface area (Å²) < 4.78 is 33.4. The molecule has 2 fully saturated rings. The predicted octanol–water partition coefficient (Wildman–Crippen LogP) is 5.13. The minimum absolute atomic E-state index is 0.00313. The van der Waals surface area contributed by atoms with Crippen LogP contribution in [0, 0.1) is 12.7 Å². The summed E-state index contributed by atoms with van der Waals surface area (Å²) in [6.07, 6.45) is 7.03. The lowest BCUT2D eigenvalue weighted by molar-refractivity contribution is -0.00351. The number of aromatic nitrogens is 4. The number of carbonyl (C=O) groups is 1. The summed E-state index contributed by atoms with van der Waals surface area (Å²) in [6, 6.07) is 6.95. The smallest absolute Gasteiger partial charge is 0.410 e. The number of nitrogens with zero attached hydrogens (tertiary/aromatic N) is 6. The Kier molecular flexibility index (Phi) is 7.93. The molecule has 1 saturated carbocycles. The van der Waals surface area contributed by atoms with Crippen LogP contribution in [0.15, 0.2) is 36.8 Å². The number of ether oxygens (including phenoxy) is 3. The van der Waals surface area contributed by atoms with Crippen molar-refractivity contribution in [3.63, 3.8) is 0 Å². The molecule has 3 heterocycles. The van der Waals surface area contributed by atoms with Crippen molar-refractivity contribution in [1.29, 1.82) is 0 Å². The van der Waals surface area contributed by atoms with Gasteiger partial charge in [-0.15, -0.1) is 10.2 Å². The average Bonchev–Trinajstić information content (AvgIpc) is 3.53. The van der Waals surface area contributed by atoms with Gasteiger partial charge in [-0.05, 0) is 71.6 Å². The molecule has 2 aliphatic rings. The first kappa shape index (κ1) is 27.8. The first-order valence-corrected chi connectivity index (χ1v) is 13.7. The highest BCUT2D eigenvalue weighted by Crippen LogP contribution is 2.35. The third-order valence-electron chi connectivity index (χ3n) is 7.25. The summed E-state index contributed by atoms with van der Waals surface area (Å²) in [5, 5.41) is 8.89. The van der Waals surface area contributed by atoms with E-state index in [-0.39, 0.29) is 25.0 Å². The van der Waals surface area contributed by atoms with Crippen molar-refractivity contribution in [2.75, 3.05) is 31.9 Å². The molecule has 1 amide bonds. The van der Waals surface area contributed by atoms with Crippen LogP contribution in [-0.2, 0) is 9.47 Å². The molecule has 1 aromatic carbocycles. The largest absolute Gasteiger partial charge is 0.467 e. The Morgan fingerprint density at radius 1 is 1.15 bits per heavy atom. The van der Waals surface area contributed by atoms with Gasteiger partial charge < -0.3 is 28.6 Å². The highest BCUT2D eigenvalue weighted by atomic mass is 19.1. The number of rotatable bonds is 8. The van der Waals surface area contributed by atoms with Crippen LogP contribution >= 0.6 is 0 Å². The molecule has 40 heavy (non-hydrogen) atoms. The normalized spacial score (nSPS) is 17.6. The molecule has 0 unspecified atom stereocenters. The van der Waals surface area contributed by atoms with Gasteiger partial charge >= 0.3 is 6.09 Å². The topological polar surface area (TPSA) is 94.8 Å². The van der Waals surface area contributed by atoms with Gasteiger partial charge in [0, 0.05) is 44.1 Å². The summed E-state index contributed by atoms with van der Waals surface area (Å²) in [4.78, 5) is 21.3. The van der Waals surface area contributed by atoms with Crippen LogP contribution in [0.25, 0.3) is 16.9 Å². The fraction of sp³-hybridized carbons (Fsp3) is 0.517. The molecule has 5 rings (SSSR count). The van der Waals surface area contributed by atoms with Gasteiger partial charge in [0.15, 0.2) is 12.6 Å². The van der Waals surface area contributed by atoms with Gasteiger partial charge in [0.05, 0.1) is 29.4 Å². The van der Waals surface area contributed by atoms with Crippen LogP contribution in [0.4, 0.5) is 15.0 Å². The van der Waals surface area contributed by atoms with E-state index in [0.717, 1.165) is 37.9 Å². The van der Waals surface area contributed by atoms with Crippen molar-refractivity contribution in [1.82, 2.24) is 24.6 Å². The van der Waals surface area contributed by atoms with Gasteiger partial charge in [0.1, 0.15) is 17.2 Å². The molecule has 0 bridgehead atoms. The monoisotopic (exact) mass is 552 g/mol. The molecule has 1 aliphatic carbocycles. The maximum absolute atomic E-state index is 15.2. The van der Waals surface area contributed by atoms with Crippen molar-refractivity contribution in [3.05, 3.63) is 48.3 Å². The van der Waals surface area contributed by atoms with Gasteiger partial charge in [-0.2, -0.15) is 0 Å². The third kappa shape index (κ3) is 6.04. The van der Waals surface area contributed by atoms with E-state index in [1.807, 2.05) is 44.7 Å². The molecular weight excluding hydrogens is 515 g/mol.